The molecule has 0 bridgehead atoms. The van der Waals surface area contributed by atoms with E-state index < -0.39 is 12.1 Å². The van der Waals surface area contributed by atoms with Crippen LogP contribution in [0.1, 0.15) is 303 Å². The van der Waals surface area contributed by atoms with Gasteiger partial charge in [-0.3, -0.25) is 9.59 Å². The zero-order valence-corrected chi connectivity index (χ0v) is 43.5. The fourth-order valence-corrected chi connectivity index (χ4v) is 8.72. The van der Waals surface area contributed by atoms with E-state index in [2.05, 4.69) is 55.6 Å². The topological polar surface area (TPSA) is 95.9 Å². The van der Waals surface area contributed by atoms with E-state index in [4.69, 9.17) is 4.74 Å². The fourth-order valence-electron chi connectivity index (χ4n) is 8.72. The minimum Gasteiger partial charge on any atom is -0.466 e. The molecular formula is C59H111NO5. The highest BCUT2D eigenvalue weighted by Crippen LogP contribution is 2.16. The van der Waals surface area contributed by atoms with Crippen LogP contribution in [-0.4, -0.2) is 47.4 Å². The lowest BCUT2D eigenvalue weighted by atomic mass is 10.0. The van der Waals surface area contributed by atoms with Gasteiger partial charge < -0.3 is 20.3 Å². The molecule has 0 fully saturated rings. The van der Waals surface area contributed by atoms with E-state index in [0.29, 0.717) is 25.9 Å². The second-order valence-electron chi connectivity index (χ2n) is 19.6. The number of esters is 1. The van der Waals surface area contributed by atoms with Crippen LogP contribution in [0.25, 0.3) is 0 Å². The van der Waals surface area contributed by atoms with Crippen molar-refractivity contribution in [3.63, 3.8) is 0 Å². The molecule has 0 aromatic rings. The van der Waals surface area contributed by atoms with Gasteiger partial charge in [-0.1, -0.05) is 243 Å². The molecule has 1 amide bonds. The van der Waals surface area contributed by atoms with E-state index in [1.807, 2.05) is 0 Å². The first-order chi connectivity index (χ1) is 32.0. The second-order valence-corrected chi connectivity index (χ2v) is 19.6. The highest BCUT2D eigenvalue weighted by molar-refractivity contribution is 5.76. The van der Waals surface area contributed by atoms with Crippen LogP contribution in [0.15, 0.2) is 36.5 Å². The third-order valence-corrected chi connectivity index (χ3v) is 13.2. The summed E-state index contributed by atoms with van der Waals surface area (Å²) in [6.07, 6.45) is 67.0. The number of aliphatic hydroxyl groups is 2. The lowest BCUT2D eigenvalue weighted by molar-refractivity contribution is -0.143. The minimum absolute atomic E-state index is 0.00749. The van der Waals surface area contributed by atoms with Crippen molar-refractivity contribution in [1.29, 1.82) is 0 Å². The fraction of sp³-hybridized carbons (Fsp3) is 0.864. The van der Waals surface area contributed by atoms with Crippen molar-refractivity contribution >= 4 is 11.9 Å². The van der Waals surface area contributed by atoms with E-state index in [1.54, 1.807) is 0 Å². The lowest BCUT2D eigenvalue weighted by Gasteiger charge is -2.22. The van der Waals surface area contributed by atoms with Crippen molar-refractivity contribution in [3.8, 4) is 0 Å². The van der Waals surface area contributed by atoms with Gasteiger partial charge in [-0.05, 0) is 83.5 Å². The predicted molar refractivity (Wildman–Crippen MR) is 283 cm³/mol. The van der Waals surface area contributed by atoms with Crippen molar-refractivity contribution in [3.05, 3.63) is 36.5 Å². The Balaban J connectivity index is 3.43. The summed E-state index contributed by atoms with van der Waals surface area (Å²) in [6, 6.07) is -0.547. The molecule has 0 aliphatic heterocycles. The Morgan fingerprint density at radius 2 is 0.769 bits per heavy atom. The summed E-state index contributed by atoms with van der Waals surface area (Å²) in [5, 5.41) is 23.2. The Kier molecular flexibility index (Phi) is 53.1. The third kappa shape index (κ3) is 51.3. The van der Waals surface area contributed by atoms with Gasteiger partial charge in [0.15, 0.2) is 0 Å². The predicted octanol–water partition coefficient (Wildman–Crippen LogP) is 17.6. The van der Waals surface area contributed by atoms with Crippen LogP contribution in [-0.2, 0) is 14.3 Å². The van der Waals surface area contributed by atoms with Gasteiger partial charge in [0, 0.05) is 12.8 Å². The average molecular weight is 915 g/mol. The van der Waals surface area contributed by atoms with Gasteiger partial charge in [0.2, 0.25) is 5.91 Å². The molecule has 65 heavy (non-hydrogen) atoms. The molecule has 6 heteroatoms. The van der Waals surface area contributed by atoms with E-state index in [1.165, 1.54) is 218 Å². The molecule has 0 heterocycles. The Labute approximate surface area is 404 Å². The van der Waals surface area contributed by atoms with Crippen molar-refractivity contribution in [2.75, 3.05) is 13.2 Å². The third-order valence-electron chi connectivity index (χ3n) is 13.2. The first kappa shape index (κ1) is 63.1. The maximum Gasteiger partial charge on any atom is 0.305 e. The van der Waals surface area contributed by atoms with Crippen molar-refractivity contribution < 1.29 is 24.5 Å². The van der Waals surface area contributed by atoms with E-state index in [9.17, 15) is 19.8 Å². The van der Waals surface area contributed by atoms with Gasteiger partial charge in [-0.15, -0.1) is 0 Å². The van der Waals surface area contributed by atoms with Crippen LogP contribution < -0.4 is 5.32 Å². The van der Waals surface area contributed by atoms with Gasteiger partial charge in [0.1, 0.15) is 0 Å². The number of amides is 1. The van der Waals surface area contributed by atoms with Crippen molar-refractivity contribution in [2.45, 2.75) is 315 Å². The minimum atomic E-state index is -0.669. The van der Waals surface area contributed by atoms with E-state index in [0.717, 1.165) is 51.4 Å². The standard InChI is InChI=1S/C59H111NO5/c1-3-5-7-9-11-13-15-17-18-26-29-33-37-41-45-49-53-59(64)65-54-50-46-42-38-34-30-27-24-22-20-19-21-23-25-28-32-36-40-44-48-52-58(63)60-56(55-61)57(62)51-47-43-39-35-31-16-14-12-10-8-6-4-2/h13,15,18-19,21,26,56-57,61-62H,3-12,14,16-17,20,22-25,27-55H2,1-2H3,(H,60,63)/b15-13-,21-19-,26-18-. The summed E-state index contributed by atoms with van der Waals surface area (Å²) in [5.74, 6) is -0.0520. The zero-order chi connectivity index (χ0) is 47.2. The molecule has 0 aromatic carbocycles. The summed E-state index contributed by atoms with van der Waals surface area (Å²) in [6.45, 7) is 4.92. The number of ether oxygens (including phenoxy) is 1. The summed E-state index contributed by atoms with van der Waals surface area (Å²) in [4.78, 5) is 24.5. The number of unbranched alkanes of at least 4 members (excludes halogenated alkanes) is 36. The maximum absolute atomic E-state index is 12.4. The van der Waals surface area contributed by atoms with Gasteiger partial charge in [0.25, 0.3) is 0 Å². The molecule has 6 nitrogen and oxygen atoms in total. The number of allylic oxidation sites excluding steroid dienone is 6. The Bertz CT molecular complexity index is 1060. The van der Waals surface area contributed by atoms with Crippen LogP contribution >= 0.6 is 0 Å². The number of rotatable bonds is 53. The summed E-state index contributed by atoms with van der Waals surface area (Å²) in [5.41, 5.74) is 0. The molecule has 0 radical (unpaired) electrons. The van der Waals surface area contributed by atoms with E-state index in [-0.39, 0.29) is 18.5 Å². The largest absolute Gasteiger partial charge is 0.466 e. The molecule has 382 valence electrons. The number of hydrogen-bond acceptors (Lipinski definition) is 5. The highest BCUT2D eigenvalue weighted by Gasteiger charge is 2.20. The Morgan fingerprint density at radius 1 is 0.431 bits per heavy atom. The molecule has 0 aliphatic carbocycles. The van der Waals surface area contributed by atoms with Crippen LogP contribution in [0.2, 0.25) is 0 Å². The number of hydrogen-bond donors (Lipinski definition) is 3. The van der Waals surface area contributed by atoms with Crippen LogP contribution in [0.4, 0.5) is 0 Å². The summed E-state index contributed by atoms with van der Waals surface area (Å²) in [7, 11) is 0. The monoisotopic (exact) mass is 914 g/mol. The van der Waals surface area contributed by atoms with Crippen LogP contribution in [0.3, 0.4) is 0 Å². The first-order valence-electron chi connectivity index (χ1n) is 28.7. The molecule has 0 aliphatic rings. The smallest absolute Gasteiger partial charge is 0.305 e. The number of aliphatic hydroxyl groups excluding tert-OH is 2. The van der Waals surface area contributed by atoms with Gasteiger partial charge in [0.05, 0.1) is 25.4 Å². The average Bonchev–Trinajstić information content (AvgIpc) is 3.31. The molecule has 2 atom stereocenters. The second kappa shape index (κ2) is 54.7. The molecule has 0 spiro atoms. The number of nitrogens with one attached hydrogen (secondary N) is 1. The first-order valence-corrected chi connectivity index (χ1v) is 28.7. The molecule has 3 N–H and O–H groups in total. The normalized spacial score (nSPS) is 12.9. The quantitative estimate of drug-likeness (QED) is 0.0321. The Morgan fingerprint density at radius 3 is 1.20 bits per heavy atom. The van der Waals surface area contributed by atoms with Gasteiger partial charge in [-0.25, -0.2) is 0 Å². The van der Waals surface area contributed by atoms with Gasteiger partial charge in [-0.2, -0.15) is 0 Å². The maximum atomic E-state index is 12.4. The molecule has 0 aromatic heterocycles. The van der Waals surface area contributed by atoms with Crippen LogP contribution in [0, 0.1) is 0 Å². The SMILES string of the molecule is CCCCCC/C=C\C/C=C\CCCCCCCC(=O)OCCCCCCCCCCC/C=C\CCCCCCCCCC(=O)NC(CO)C(O)CCCCCCCCCCCCCC. The van der Waals surface area contributed by atoms with E-state index >= 15 is 0 Å². The number of carbonyl (C=O) groups is 2. The van der Waals surface area contributed by atoms with Gasteiger partial charge >= 0.3 is 5.97 Å². The lowest BCUT2D eigenvalue weighted by Crippen LogP contribution is -2.45. The number of carbonyl (C=O) groups excluding carboxylic acids is 2. The molecule has 2 unspecified atom stereocenters. The van der Waals surface area contributed by atoms with Crippen LogP contribution in [0.5, 0.6) is 0 Å². The molecule has 0 saturated carbocycles. The Hall–Kier alpha value is -1.92. The molecule has 0 rings (SSSR count). The molecular weight excluding hydrogens is 803 g/mol. The van der Waals surface area contributed by atoms with Crippen molar-refractivity contribution in [1.82, 2.24) is 5.32 Å². The summed E-state index contributed by atoms with van der Waals surface area (Å²) < 4.78 is 5.47. The van der Waals surface area contributed by atoms with Crippen molar-refractivity contribution in [2.24, 2.45) is 0 Å². The highest BCUT2D eigenvalue weighted by atomic mass is 16.5. The summed E-state index contributed by atoms with van der Waals surface area (Å²) >= 11 is 0. The zero-order valence-electron chi connectivity index (χ0n) is 43.5. The molecule has 0 saturated heterocycles.